The lowest BCUT2D eigenvalue weighted by atomic mass is 9.79. The molecule has 0 spiro atoms. The molecular weight excluding hydrogens is 305 g/mol. The molecule has 7 heteroatoms. The first-order valence-electron chi connectivity index (χ1n) is 5.69. The van der Waals surface area contributed by atoms with Crippen molar-refractivity contribution < 1.29 is 19.2 Å². The Kier molecular flexibility index (Phi) is 4.88. The molecule has 0 bridgehead atoms. The van der Waals surface area contributed by atoms with Crippen molar-refractivity contribution in [3.63, 3.8) is 0 Å². The summed E-state index contributed by atoms with van der Waals surface area (Å²) in [6.45, 7) is 0.0253. The topological polar surface area (TPSA) is 49.7 Å². The van der Waals surface area contributed by atoms with Crippen molar-refractivity contribution in [3.8, 4) is 5.75 Å². The van der Waals surface area contributed by atoms with Crippen molar-refractivity contribution in [1.82, 2.24) is 0 Å². The lowest BCUT2D eigenvalue weighted by Crippen LogP contribution is -2.30. The van der Waals surface area contributed by atoms with E-state index in [-0.39, 0.29) is 17.1 Å². The van der Waals surface area contributed by atoms with Crippen LogP contribution in [-0.2, 0) is 6.61 Å². The van der Waals surface area contributed by atoms with Gasteiger partial charge in [-0.2, -0.15) is 0 Å². The summed E-state index contributed by atoms with van der Waals surface area (Å²) >= 11 is 11.8. The Morgan fingerprint density at radius 2 is 1.90 bits per heavy atom. The molecule has 0 heterocycles. The molecule has 0 aliphatic rings. The summed E-state index contributed by atoms with van der Waals surface area (Å²) in [5.74, 6) is -0.207. The Labute approximate surface area is 125 Å². The second-order valence-corrected chi connectivity index (χ2v) is 4.89. The third kappa shape index (κ3) is 3.64. The molecule has 104 valence electrons. The second-order valence-electron chi connectivity index (χ2n) is 4.11. The highest BCUT2D eigenvalue weighted by Crippen LogP contribution is 2.31. The Hall–Kier alpha value is -1.27. The van der Waals surface area contributed by atoms with Gasteiger partial charge in [-0.15, -0.1) is 0 Å². The highest BCUT2D eigenvalue weighted by Gasteiger charge is 2.14. The molecular formula is C13H10BCl2FO3. The van der Waals surface area contributed by atoms with Crippen LogP contribution in [-0.4, -0.2) is 17.2 Å². The number of hydrogen-bond donors (Lipinski definition) is 2. The van der Waals surface area contributed by atoms with Crippen LogP contribution < -0.4 is 10.2 Å². The van der Waals surface area contributed by atoms with E-state index in [1.807, 2.05) is 0 Å². The summed E-state index contributed by atoms with van der Waals surface area (Å²) in [6, 6.07) is 8.66. The molecule has 2 aromatic carbocycles. The maximum atomic E-state index is 13.3. The average Bonchev–Trinajstić information content (AvgIpc) is 2.40. The Morgan fingerprint density at radius 1 is 1.15 bits per heavy atom. The minimum atomic E-state index is -1.74. The van der Waals surface area contributed by atoms with Crippen LogP contribution in [0.4, 0.5) is 4.39 Å². The number of hydrogen-bond acceptors (Lipinski definition) is 3. The summed E-state index contributed by atoms with van der Waals surface area (Å²) in [7, 11) is -1.74. The van der Waals surface area contributed by atoms with Gasteiger partial charge in [0, 0.05) is 0 Å². The van der Waals surface area contributed by atoms with Gasteiger partial charge in [0.15, 0.2) is 0 Å². The third-order valence-electron chi connectivity index (χ3n) is 2.59. The van der Waals surface area contributed by atoms with E-state index >= 15 is 0 Å². The first kappa shape index (κ1) is 15.1. The fraction of sp³-hybridized carbons (Fsp3) is 0.0769. The maximum Gasteiger partial charge on any atom is 0.488 e. The SMILES string of the molecule is OB(O)c1cc(F)cc(COc2cccc(Cl)c2Cl)c1. The van der Waals surface area contributed by atoms with Crippen LogP contribution in [0.3, 0.4) is 0 Å². The summed E-state index contributed by atoms with van der Waals surface area (Å²) in [5.41, 5.74) is 0.505. The minimum absolute atomic E-state index is 0.0253. The van der Waals surface area contributed by atoms with E-state index in [4.69, 9.17) is 38.0 Å². The smallest absolute Gasteiger partial charge is 0.487 e. The Bertz CT molecular complexity index is 623. The lowest BCUT2D eigenvalue weighted by Gasteiger charge is -2.10. The molecule has 2 N–H and O–H groups in total. The molecule has 2 aromatic rings. The van der Waals surface area contributed by atoms with E-state index in [1.54, 1.807) is 18.2 Å². The zero-order valence-corrected chi connectivity index (χ0v) is 11.7. The summed E-state index contributed by atoms with van der Waals surface area (Å²) < 4.78 is 18.8. The predicted octanol–water partition coefficient (Wildman–Crippen LogP) is 2.39. The number of rotatable bonds is 4. The zero-order valence-electron chi connectivity index (χ0n) is 10.2. The molecule has 0 amide bonds. The fourth-order valence-electron chi connectivity index (χ4n) is 1.66. The monoisotopic (exact) mass is 314 g/mol. The quantitative estimate of drug-likeness (QED) is 0.852. The van der Waals surface area contributed by atoms with Gasteiger partial charge in [0.1, 0.15) is 23.2 Å². The average molecular weight is 315 g/mol. The van der Waals surface area contributed by atoms with Crippen LogP contribution in [0.1, 0.15) is 5.56 Å². The van der Waals surface area contributed by atoms with Crippen molar-refractivity contribution in [3.05, 3.63) is 57.8 Å². The largest absolute Gasteiger partial charge is 0.488 e. The van der Waals surface area contributed by atoms with Crippen LogP contribution in [0.2, 0.25) is 10.0 Å². The molecule has 0 saturated heterocycles. The molecule has 0 aliphatic heterocycles. The van der Waals surface area contributed by atoms with Gasteiger partial charge >= 0.3 is 7.12 Å². The molecule has 20 heavy (non-hydrogen) atoms. The molecule has 0 aliphatic carbocycles. The number of ether oxygens (including phenoxy) is 1. The van der Waals surface area contributed by atoms with Gasteiger partial charge in [0.05, 0.1) is 5.02 Å². The van der Waals surface area contributed by atoms with Gasteiger partial charge in [-0.05, 0) is 35.3 Å². The molecule has 0 atom stereocenters. The fourth-order valence-corrected chi connectivity index (χ4v) is 2.01. The Balaban J connectivity index is 2.16. The van der Waals surface area contributed by atoms with E-state index in [2.05, 4.69) is 0 Å². The number of benzene rings is 2. The summed E-state index contributed by atoms with van der Waals surface area (Å²) in [4.78, 5) is 0. The summed E-state index contributed by atoms with van der Waals surface area (Å²) in [6.07, 6.45) is 0. The molecule has 0 unspecified atom stereocenters. The van der Waals surface area contributed by atoms with Gasteiger partial charge < -0.3 is 14.8 Å². The number of halogens is 3. The van der Waals surface area contributed by atoms with Crippen molar-refractivity contribution in [2.24, 2.45) is 0 Å². The molecule has 0 radical (unpaired) electrons. The van der Waals surface area contributed by atoms with E-state index in [0.717, 1.165) is 6.07 Å². The second kappa shape index (κ2) is 6.46. The molecule has 2 rings (SSSR count). The van der Waals surface area contributed by atoms with E-state index in [9.17, 15) is 4.39 Å². The molecule has 0 aromatic heterocycles. The van der Waals surface area contributed by atoms with Crippen molar-refractivity contribution in [2.45, 2.75) is 6.61 Å². The highest BCUT2D eigenvalue weighted by atomic mass is 35.5. The minimum Gasteiger partial charge on any atom is -0.487 e. The van der Waals surface area contributed by atoms with Crippen LogP contribution in [0.25, 0.3) is 0 Å². The van der Waals surface area contributed by atoms with Crippen molar-refractivity contribution >= 4 is 35.8 Å². The first-order valence-corrected chi connectivity index (χ1v) is 6.45. The lowest BCUT2D eigenvalue weighted by molar-refractivity contribution is 0.306. The van der Waals surface area contributed by atoms with Gasteiger partial charge in [-0.25, -0.2) is 4.39 Å². The van der Waals surface area contributed by atoms with Gasteiger partial charge in [-0.3, -0.25) is 0 Å². The molecule has 3 nitrogen and oxygen atoms in total. The third-order valence-corrected chi connectivity index (χ3v) is 3.39. The van der Waals surface area contributed by atoms with Crippen LogP contribution in [0, 0.1) is 5.82 Å². The van der Waals surface area contributed by atoms with Crippen LogP contribution >= 0.6 is 23.2 Å². The van der Waals surface area contributed by atoms with E-state index in [1.165, 1.54) is 12.1 Å². The van der Waals surface area contributed by atoms with Crippen LogP contribution in [0.5, 0.6) is 5.75 Å². The van der Waals surface area contributed by atoms with E-state index in [0.29, 0.717) is 16.3 Å². The molecule has 0 saturated carbocycles. The van der Waals surface area contributed by atoms with E-state index < -0.39 is 12.9 Å². The first-order chi connectivity index (χ1) is 9.47. The van der Waals surface area contributed by atoms with Gasteiger partial charge in [-0.1, -0.05) is 35.3 Å². The maximum absolute atomic E-state index is 13.3. The van der Waals surface area contributed by atoms with Gasteiger partial charge in [0.25, 0.3) is 0 Å². The standard InChI is InChI=1S/C13H10BCl2FO3/c15-11-2-1-3-12(13(11)16)20-7-8-4-9(14(18)19)6-10(17)5-8/h1-6,18-19H,7H2. The normalized spacial score (nSPS) is 10.4. The van der Waals surface area contributed by atoms with Gasteiger partial charge in [0.2, 0.25) is 0 Å². The van der Waals surface area contributed by atoms with Crippen LogP contribution in [0.15, 0.2) is 36.4 Å². The van der Waals surface area contributed by atoms with Crippen molar-refractivity contribution in [2.75, 3.05) is 0 Å². The predicted molar refractivity (Wildman–Crippen MR) is 77.0 cm³/mol. The summed E-state index contributed by atoms with van der Waals surface area (Å²) in [5, 5.41) is 18.7. The highest BCUT2D eigenvalue weighted by molar-refractivity contribution is 6.58. The zero-order chi connectivity index (χ0) is 14.7. The van der Waals surface area contributed by atoms with Crippen molar-refractivity contribution in [1.29, 1.82) is 0 Å². The molecule has 0 fully saturated rings. The Morgan fingerprint density at radius 3 is 2.60 bits per heavy atom.